The van der Waals surface area contributed by atoms with Crippen LogP contribution in [-0.4, -0.2) is 42.1 Å². The molecule has 2 atom stereocenters. The second-order valence-corrected chi connectivity index (χ2v) is 9.24. The summed E-state index contributed by atoms with van der Waals surface area (Å²) in [5.74, 6) is -0.0183. The van der Waals surface area contributed by atoms with Gasteiger partial charge < -0.3 is 19.4 Å². The highest BCUT2D eigenvalue weighted by Gasteiger charge is 2.39. The van der Waals surface area contributed by atoms with Crippen LogP contribution in [0.25, 0.3) is 11.0 Å². The van der Waals surface area contributed by atoms with E-state index >= 15 is 0 Å². The van der Waals surface area contributed by atoms with E-state index in [1.807, 2.05) is 18.7 Å². The van der Waals surface area contributed by atoms with Crippen LogP contribution in [0.4, 0.5) is 4.39 Å². The van der Waals surface area contributed by atoms with E-state index in [9.17, 15) is 14.0 Å². The van der Waals surface area contributed by atoms with E-state index in [1.54, 1.807) is 37.3 Å². The smallest absolute Gasteiger partial charge is 0.355 e. The Morgan fingerprint density at radius 1 is 1.30 bits per heavy atom. The van der Waals surface area contributed by atoms with Crippen molar-refractivity contribution in [2.24, 2.45) is 0 Å². The second kappa shape index (κ2) is 9.15. The van der Waals surface area contributed by atoms with Crippen LogP contribution in [0.1, 0.15) is 25.0 Å². The molecule has 0 aliphatic carbocycles. The van der Waals surface area contributed by atoms with Crippen molar-refractivity contribution in [2.75, 3.05) is 19.7 Å². The summed E-state index contributed by atoms with van der Waals surface area (Å²) in [6.07, 6.45) is 0.583. The fourth-order valence-electron chi connectivity index (χ4n) is 4.28. The Hall–Kier alpha value is -2.90. The molecule has 1 saturated heterocycles. The molecular weight excluding hydrogens is 447 g/mol. The number of rotatable bonds is 5. The number of aryl methyl sites for hydroxylation is 1. The molecule has 1 aliphatic heterocycles. The Kier molecular flexibility index (Phi) is 6.45. The fraction of sp³-hybridized carbons (Fsp3) is 0.360. The van der Waals surface area contributed by atoms with Crippen molar-refractivity contribution >= 4 is 28.5 Å². The van der Waals surface area contributed by atoms with Crippen molar-refractivity contribution in [2.45, 2.75) is 38.8 Å². The van der Waals surface area contributed by atoms with Crippen LogP contribution in [0.15, 0.2) is 51.7 Å². The van der Waals surface area contributed by atoms with E-state index in [0.29, 0.717) is 41.8 Å². The van der Waals surface area contributed by atoms with E-state index in [2.05, 4.69) is 5.32 Å². The molecule has 1 aromatic heterocycles. The molecule has 1 fully saturated rings. The van der Waals surface area contributed by atoms with Gasteiger partial charge in [-0.1, -0.05) is 23.7 Å². The van der Waals surface area contributed by atoms with Gasteiger partial charge in [0.25, 0.3) is 5.91 Å². The number of piperazine rings is 1. The van der Waals surface area contributed by atoms with Crippen LogP contribution in [0, 0.1) is 12.7 Å². The molecule has 0 unspecified atom stereocenters. The van der Waals surface area contributed by atoms with Crippen molar-refractivity contribution in [3.05, 3.63) is 74.9 Å². The summed E-state index contributed by atoms with van der Waals surface area (Å²) < 4.78 is 24.4. The number of amides is 1. The molecule has 0 spiro atoms. The molecule has 1 amide bonds. The number of ether oxygens (including phenoxy) is 1. The second-order valence-electron chi connectivity index (χ2n) is 8.86. The van der Waals surface area contributed by atoms with Gasteiger partial charge in [-0.05, 0) is 62.6 Å². The minimum Gasteiger partial charge on any atom is -0.484 e. The molecule has 0 saturated carbocycles. The number of halogens is 2. The molecule has 1 N–H and O–H groups in total. The third kappa shape index (κ3) is 4.89. The molecule has 2 aromatic carbocycles. The summed E-state index contributed by atoms with van der Waals surface area (Å²) in [5.41, 5.74) is 0.837. The van der Waals surface area contributed by atoms with Crippen molar-refractivity contribution in [1.82, 2.24) is 10.2 Å². The summed E-state index contributed by atoms with van der Waals surface area (Å²) >= 11 is 5.98. The number of hydrogen-bond donors (Lipinski definition) is 1. The molecule has 3 aromatic rings. The molecule has 2 heterocycles. The maximum absolute atomic E-state index is 13.3. The van der Waals surface area contributed by atoms with E-state index in [1.165, 1.54) is 12.1 Å². The first-order valence-electron chi connectivity index (χ1n) is 10.8. The van der Waals surface area contributed by atoms with Crippen molar-refractivity contribution in [3.8, 4) is 5.75 Å². The van der Waals surface area contributed by atoms with Gasteiger partial charge in [0.15, 0.2) is 6.61 Å². The summed E-state index contributed by atoms with van der Waals surface area (Å²) in [4.78, 5) is 26.9. The number of carbonyl (C=O) groups is 1. The quantitative estimate of drug-likeness (QED) is 0.566. The fourth-order valence-corrected chi connectivity index (χ4v) is 4.42. The van der Waals surface area contributed by atoms with Gasteiger partial charge in [-0.3, -0.25) is 4.79 Å². The first kappa shape index (κ1) is 23.3. The Labute approximate surface area is 196 Å². The monoisotopic (exact) mass is 472 g/mol. The molecule has 1 aliphatic rings. The van der Waals surface area contributed by atoms with Gasteiger partial charge in [-0.2, -0.15) is 0 Å². The van der Waals surface area contributed by atoms with Crippen molar-refractivity contribution in [3.63, 3.8) is 0 Å². The summed E-state index contributed by atoms with van der Waals surface area (Å²) in [5, 5.41) is 4.20. The first-order valence-corrected chi connectivity index (χ1v) is 11.2. The Balaban J connectivity index is 1.51. The minimum absolute atomic E-state index is 0.0552. The van der Waals surface area contributed by atoms with Gasteiger partial charge in [0.1, 0.15) is 22.2 Å². The zero-order valence-electron chi connectivity index (χ0n) is 18.8. The summed E-state index contributed by atoms with van der Waals surface area (Å²) in [6.45, 7) is 6.78. The van der Waals surface area contributed by atoms with E-state index in [0.717, 1.165) is 5.56 Å². The number of carbonyl (C=O) groups excluding carboxylic acids is 1. The molecule has 174 valence electrons. The highest BCUT2D eigenvalue weighted by molar-refractivity contribution is 6.31. The predicted molar refractivity (Wildman–Crippen MR) is 125 cm³/mol. The van der Waals surface area contributed by atoms with E-state index in [-0.39, 0.29) is 29.4 Å². The lowest BCUT2D eigenvalue weighted by Crippen LogP contribution is -2.65. The zero-order chi connectivity index (χ0) is 23.8. The number of nitrogens with zero attached hydrogens (tertiary/aromatic N) is 1. The topological polar surface area (TPSA) is 71.8 Å². The van der Waals surface area contributed by atoms with E-state index < -0.39 is 11.2 Å². The average Bonchev–Trinajstić information content (AvgIpc) is 2.79. The van der Waals surface area contributed by atoms with Crippen LogP contribution in [0.5, 0.6) is 5.75 Å². The molecule has 0 bridgehead atoms. The van der Waals surface area contributed by atoms with Crippen molar-refractivity contribution < 1.29 is 18.3 Å². The van der Waals surface area contributed by atoms with Crippen LogP contribution in [-0.2, 0) is 11.2 Å². The maximum atomic E-state index is 13.3. The minimum atomic E-state index is -0.610. The van der Waals surface area contributed by atoms with Crippen LogP contribution in [0.2, 0.25) is 5.02 Å². The summed E-state index contributed by atoms with van der Waals surface area (Å²) in [6, 6.07) is 11.6. The highest BCUT2D eigenvalue weighted by atomic mass is 35.5. The molecular formula is C25H26ClFN2O4. The van der Waals surface area contributed by atoms with Crippen molar-refractivity contribution in [1.29, 1.82) is 0 Å². The number of hydrogen-bond acceptors (Lipinski definition) is 5. The third-order valence-corrected chi connectivity index (χ3v) is 6.61. The van der Waals surface area contributed by atoms with Crippen LogP contribution in [0.3, 0.4) is 0 Å². The maximum Gasteiger partial charge on any atom is 0.355 e. The van der Waals surface area contributed by atoms with Gasteiger partial charge in [-0.25, -0.2) is 9.18 Å². The normalized spacial score (nSPS) is 20.8. The van der Waals surface area contributed by atoms with Gasteiger partial charge >= 0.3 is 5.63 Å². The summed E-state index contributed by atoms with van der Waals surface area (Å²) in [7, 11) is 0. The third-order valence-electron chi connectivity index (χ3n) is 6.17. The number of nitrogens with one attached hydrogen (secondary N) is 1. The Morgan fingerprint density at radius 2 is 2.03 bits per heavy atom. The standard InChI is InChI=1S/C25H26ClFN2O4/c1-15-12-29(25(3,14-28-15)11-17-4-6-18(27)7-5-17)22(30)13-32-19-8-9-20-16(2)23(26)24(31)33-21(20)10-19/h4-10,15,28H,11-14H2,1-3H3/t15-,25+/m1/s1. The number of benzene rings is 2. The molecule has 6 nitrogen and oxygen atoms in total. The average molecular weight is 473 g/mol. The van der Waals surface area contributed by atoms with E-state index in [4.69, 9.17) is 20.8 Å². The van der Waals surface area contributed by atoms with Gasteiger partial charge in [0.2, 0.25) is 0 Å². The molecule has 0 radical (unpaired) electrons. The van der Waals surface area contributed by atoms with Gasteiger partial charge in [-0.15, -0.1) is 0 Å². The predicted octanol–water partition coefficient (Wildman–Crippen LogP) is 4.09. The van der Waals surface area contributed by atoms with Crippen LogP contribution >= 0.6 is 11.6 Å². The molecule has 33 heavy (non-hydrogen) atoms. The first-order chi connectivity index (χ1) is 15.7. The largest absolute Gasteiger partial charge is 0.484 e. The SMILES string of the molecule is Cc1c(Cl)c(=O)oc2cc(OCC(=O)N3C[C@@H](C)NC[C@]3(C)Cc3ccc(F)cc3)ccc12. The Bertz CT molecular complexity index is 1240. The lowest BCUT2D eigenvalue weighted by atomic mass is 9.88. The highest BCUT2D eigenvalue weighted by Crippen LogP contribution is 2.27. The molecule has 4 rings (SSSR count). The van der Waals surface area contributed by atoms with Crippen LogP contribution < -0.4 is 15.7 Å². The van der Waals surface area contributed by atoms with Gasteiger partial charge in [0.05, 0.1) is 5.54 Å². The lowest BCUT2D eigenvalue weighted by Gasteiger charge is -2.47. The number of fused-ring (bicyclic) bond motifs is 1. The molecule has 8 heteroatoms. The Morgan fingerprint density at radius 3 is 2.76 bits per heavy atom. The zero-order valence-corrected chi connectivity index (χ0v) is 19.5. The lowest BCUT2D eigenvalue weighted by molar-refractivity contribution is -0.141. The van der Waals surface area contributed by atoms with Gasteiger partial charge in [0, 0.05) is 30.6 Å².